The summed E-state index contributed by atoms with van der Waals surface area (Å²) in [6, 6.07) is 7.15. The second kappa shape index (κ2) is 7.24. The maximum atomic E-state index is 13.1. The third kappa shape index (κ3) is 3.22. The van der Waals surface area contributed by atoms with Gasteiger partial charge in [-0.05, 0) is 11.8 Å². The van der Waals surface area contributed by atoms with Gasteiger partial charge in [0.1, 0.15) is 0 Å². The number of hydrogen-bond acceptors (Lipinski definition) is 2. The van der Waals surface area contributed by atoms with E-state index in [-0.39, 0.29) is 28.5 Å². The van der Waals surface area contributed by atoms with Crippen LogP contribution < -0.4 is 21.5 Å². The molecular weight excluding hydrogens is 380 g/mol. The van der Waals surface area contributed by atoms with E-state index < -0.39 is 0 Å². The van der Waals surface area contributed by atoms with Crippen LogP contribution in [0.25, 0.3) is 0 Å². The van der Waals surface area contributed by atoms with Gasteiger partial charge in [0.15, 0.2) is 0 Å². The van der Waals surface area contributed by atoms with E-state index >= 15 is 0 Å². The Balaban J connectivity index is 0.00000225. The van der Waals surface area contributed by atoms with Gasteiger partial charge in [-0.2, -0.15) is 0 Å². The van der Waals surface area contributed by atoms with Crippen LogP contribution in [-0.2, 0) is 13.1 Å². The Morgan fingerprint density at radius 1 is 0.960 bits per heavy atom. The highest BCUT2D eigenvalue weighted by atomic mass is 79.9. The lowest BCUT2D eigenvalue weighted by molar-refractivity contribution is -0.709. The molecule has 1 heterocycles. The van der Waals surface area contributed by atoms with E-state index in [0.29, 0.717) is 34.4 Å². The molecular formula is C20H25BrN2O2. The van der Waals surface area contributed by atoms with Crippen molar-refractivity contribution < 1.29 is 31.1 Å². The van der Waals surface area contributed by atoms with Gasteiger partial charge in [-0.25, -0.2) is 9.13 Å². The van der Waals surface area contributed by atoms with E-state index in [0.717, 1.165) is 18.9 Å². The Labute approximate surface area is 159 Å². The lowest BCUT2D eigenvalue weighted by atomic mass is 9.89. The summed E-state index contributed by atoms with van der Waals surface area (Å²) < 4.78 is 4.08. The topological polar surface area (TPSA) is 43.0 Å². The number of benzene rings is 1. The SMILES string of the molecule is Cc1n(CC(C)C)c2c([n+]1CC(C)C)C(=O)c1ccccc1C2=O.[Br-]. The number of imidazole rings is 1. The van der Waals surface area contributed by atoms with Crippen LogP contribution in [0.15, 0.2) is 24.3 Å². The molecule has 0 aliphatic heterocycles. The van der Waals surface area contributed by atoms with Crippen LogP contribution in [0.1, 0.15) is 65.6 Å². The Morgan fingerprint density at radius 2 is 1.52 bits per heavy atom. The van der Waals surface area contributed by atoms with E-state index in [1.807, 2.05) is 28.2 Å². The third-order valence-corrected chi connectivity index (χ3v) is 4.49. The summed E-state index contributed by atoms with van der Waals surface area (Å²) in [5.74, 6) is 1.70. The smallest absolute Gasteiger partial charge is 0.254 e. The summed E-state index contributed by atoms with van der Waals surface area (Å²) in [5.41, 5.74) is 2.17. The number of halogens is 1. The van der Waals surface area contributed by atoms with E-state index in [9.17, 15) is 9.59 Å². The van der Waals surface area contributed by atoms with Crippen LogP contribution in [0.5, 0.6) is 0 Å². The summed E-state index contributed by atoms with van der Waals surface area (Å²) in [5, 5.41) is 0. The molecule has 2 aromatic rings. The molecule has 0 unspecified atom stereocenters. The standard InChI is InChI=1S/C20H25N2O2.BrH/c1-12(2)10-21-14(5)22(11-13(3)4)18-17(21)19(23)15-8-6-7-9-16(15)20(18)24;/h6-9,12-13H,10-11H2,1-5H3;1H/q+1;/p-1. The predicted octanol–water partition coefficient (Wildman–Crippen LogP) is 0.175. The monoisotopic (exact) mass is 404 g/mol. The second-order valence-corrected chi connectivity index (χ2v) is 7.46. The van der Waals surface area contributed by atoms with Gasteiger partial charge in [-0.15, -0.1) is 0 Å². The number of aromatic nitrogens is 2. The molecule has 25 heavy (non-hydrogen) atoms. The number of carbonyl (C=O) groups excluding carboxylic acids is 2. The minimum atomic E-state index is -0.0357. The number of nitrogens with zero attached hydrogens (tertiary/aromatic N) is 2. The van der Waals surface area contributed by atoms with E-state index in [2.05, 4.69) is 27.7 Å². The number of carbonyl (C=O) groups is 2. The molecule has 134 valence electrons. The lowest BCUT2D eigenvalue weighted by Gasteiger charge is -2.13. The van der Waals surface area contributed by atoms with Crippen LogP contribution in [0.4, 0.5) is 0 Å². The summed E-state index contributed by atoms with van der Waals surface area (Å²) in [6.07, 6.45) is 0. The van der Waals surface area contributed by atoms with Crippen molar-refractivity contribution in [1.29, 1.82) is 0 Å². The number of rotatable bonds is 4. The molecule has 0 fully saturated rings. The van der Waals surface area contributed by atoms with Gasteiger partial charge in [0.25, 0.3) is 5.82 Å². The first-order valence-electron chi connectivity index (χ1n) is 8.64. The Morgan fingerprint density at radius 3 is 2.04 bits per heavy atom. The first-order chi connectivity index (χ1) is 11.3. The molecule has 4 nitrogen and oxygen atoms in total. The Bertz CT molecular complexity index is 768. The highest BCUT2D eigenvalue weighted by Gasteiger charge is 2.42. The number of hydrogen-bond donors (Lipinski definition) is 0. The highest BCUT2D eigenvalue weighted by molar-refractivity contribution is 6.26. The van der Waals surface area contributed by atoms with Crippen molar-refractivity contribution in [3.05, 3.63) is 52.6 Å². The molecule has 0 amide bonds. The normalized spacial score (nSPS) is 13.1. The average molecular weight is 405 g/mol. The summed E-state index contributed by atoms with van der Waals surface area (Å²) in [6.45, 7) is 12.0. The molecule has 0 bridgehead atoms. The number of fused-ring (bicyclic) bond motifs is 2. The van der Waals surface area contributed by atoms with Crippen molar-refractivity contribution in [2.75, 3.05) is 0 Å². The average Bonchev–Trinajstić information content (AvgIpc) is 2.78. The molecule has 0 atom stereocenters. The molecule has 0 N–H and O–H groups in total. The maximum absolute atomic E-state index is 13.1. The molecule has 1 aliphatic rings. The predicted molar refractivity (Wildman–Crippen MR) is 92.3 cm³/mol. The third-order valence-electron chi connectivity index (χ3n) is 4.49. The van der Waals surface area contributed by atoms with Crippen molar-refractivity contribution in [3.8, 4) is 0 Å². The largest absolute Gasteiger partial charge is 1.00 e. The van der Waals surface area contributed by atoms with Gasteiger partial charge in [0, 0.05) is 18.1 Å². The van der Waals surface area contributed by atoms with Crippen LogP contribution in [-0.4, -0.2) is 16.1 Å². The lowest BCUT2D eigenvalue weighted by Crippen LogP contribution is -3.00. The van der Waals surface area contributed by atoms with E-state index in [1.54, 1.807) is 12.1 Å². The summed E-state index contributed by atoms with van der Waals surface area (Å²) in [7, 11) is 0. The highest BCUT2D eigenvalue weighted by Crippen LogP contribution is 2.27. The molecule has 1 aromatic heterocycles. The second-order valence-electron chi connectivity index (χ2n) is 7.46. The van der Waals surface area contributed by atoms with Crippen LogP contribution in [0, 0.1) is 18.8 Å². The fraction of sp³-hybridized carbons (Fsp3) is 0.450. The van der Waals surface area contributed by atoms with Crippen molar-refractivity contribution in [3.63, 3.8) is 0 Å². The zero-order chi connectivity index (χ0) is 17.6. The minimum absolute atomic E-state index is 0. The summed E-state index contributed by atoms with van der Waals surface area (Å²) >= 11 is 0. The Hall–Kier alpha value is -1.75. The molecule has 1 aromatic carbocycles. The molecule has 3 rings (SSSR count). The molecule has 0 saturated carbocycles. The zero-order valence-corrected chi connectivity index (χ0v) is 17.1. The van der Waals surface area contributed by atoms with Crippen molar-refractivity contribution in [1.82, 2.24) is 4.57 Å². The van der Waals surface area contributed by atoms with Crippen LogP contribution >= 0.6 is 0 Å². The molecule has 1 aliphatic carbocycles. The first-order valence-corrected chi connectivity index (χ1v) is 8.64. The van der Waals surface area contributed by atoms with Gasteiger partial charge in [-0.3, -0.25) is 9.59 Å². The maximum Gasteiger partial charge on any atom is 0.254 e. The quantitative estimate of drug-likeness (QED) is 0.582. The van der Waals surface area contributed by atoms with Gasteiger partial charge in [0.05, 0.1) is 13.1 Å². The zero-order valence-electron chi connectivity index (χ0n) is 15.5. The molecule has 0 radical (unpaired) electrons. The fourth-order valence-corrected chi connectivity index (χ4v) is 3.50. The van der Waals surface area contributed by atoms with Gasteiger partial charge in [-0.1, -0.05) is 52.0 Å². The first kappa shape index (κ1) is 19.6. The van der Waals surface area contributed by atoms with Crippen molar-refractivity contribution in [2.45, 2.75) is 47.7 Å². The molecule has 5 heteroatoms. The number of ketones is 2. The van der Waals surface area contributed by atoms with E-state index in [1.165, 1.54) is 0 Å². The van der Waals surface area contributed by atoms with Crippen molar-refractivity contribution in [2.24, 2.45) is 11.8 Å². The van der Waals surface area contributed by atoms with Crippen LogP contribution in [0.2, 0.25) is 0 Å². The summed E-state index contributed by atoms with van der Waals surface area (Å²) in [4.78, 5) is 26.2. The molecule has 0 spiro atoms. The fourth-order valence-electron chi connectivity index (χ4n) is 3.50. The Kier molecular flexibility index (Phi) is 5.67. The van der Waals surface area contributed by atoms with E-state index in [4.69, 9.17) is 0 Å². The minimum Gasteiger partial charge on any atom is -1.00 e. The van der Waals surface area contributed by atoms with Crippen LogP contribution in [0.3, 0.4) is 0 Å². The van der Waals surface area contributed by atoms with Gasteiger partial charge >= 0.3 is 0 Å². The molecule has 0 saturated heterocycles. The van der Waals surface area contributed by atoms with Gasteiger partial charge < -0.3 is 17.0 Å². The van der Waals surface area contributed by atoms with Crippen molar-refractivity contribution >= 4 is 11.6 Å². The van der Waals surface area contributed by atoms with Gasteiger partial charge in [0.2, 0.25) is 23.0 Å².